The average Bonchev–Trinajstić information content (AvgIpc) is 2.76. The van der Waals surface area contributed by atoms with Crippen LogP contribution in [0.25, 0.3) is 10.8 Å². The summed E-state index contributed by atoms with van der Waals surface area (Å²) in [4.78, 5) is 0.329. The highest BCUT2D eigenvalue weighted by Crippen LogP contribution is 2.36. The lowest BCUT2D eigenvalue weighted by Gasteiger charge is -2.35. The van der Waals surface area contributed by atoms with Gasteiger partial charge in [-0.25, -0.2) is 12.7 Å². The first kappa shape index (κ1) is 29.3. The molecular formula is C28H44N2O3SSi. The summed E-state index contributed by atoms with van der Waals surface area (Å²) in [5.41, 5.74) is 3.54. The first-order valence-corrected chi connectivity index (χ1v) is 16.6. The fourth-order valence-corrected chi connectivity index (χ4v) is 5.45. The predicted octanol–water partition coefficient (Wildman–Crippen LogP) is 7.20. The van der Waals surface area contributed by atoms with E-state index >= 15 is 0 Å². The fourth-order valence-electron chi connectivity index (χ4n) is 3.42. The Balaban J connectivity index is 1.98. The molecule has 0 radical (unpaired) electrons. The number of benzene rings is 2. The Labute approximate surface area is 214 Å². The molecule has 0 aromatic heterocycles. The molecule has 0 fully saturated rings. The Morgan fingerprint density at radius 2 is 1.63 bits per heavy atom. The molecule has 2 aromatic carbocycles. The minimum Gasteiger partial charge on any atom is -0.413 e. The smallest absolute Gasteiger partial charge is 0.243 e. The molecule has 0 amide bonds. The molecule has 0 aliphatic carbocycles. The second-order valence-corrected chi connectivity index (χ2v) is 17.9. The lowest BCUT2D eigenvalue weighted by Crippen LogP contribution is -2.40. The lowest BCUT2D eigenvalue weighted by atomic mass is 10.1. The van der Waals surface area contributed by atoms with Crippen LogP contribution >= 0.6 is 0 Å². The first-order chi connectivity index (χ1) is 16.2. The Kier molecular flexibility index (Phi) is 9.93. The van der Waals surface area contributed by atoms with Gasteiger partial charge in [0.15, 0.2) is 8.32 Å². The molecule has 194 valence electrons. The normalized spacial score (nSPS) is 14.1. The van der Waals surface area contributed by atoms with Crippen molar-refractivity contribution >= 4 is 34.8 Å². The van der Waals surface area contributed by atoms with Crippen LogP contribution in [-0.4, -0.2) is 48.3 Å². The van der Waals surface area contributed by atoms with Crippen molar-refractivity contribution < 1.29 is 12.8 Å². The van der Waals surface area contributed by atoms with Crippen LogP contribution in [0.3, 0.4) is 0 Å². The van der Waals surface area contributed by atoms with E-state index in [1.807, 2.05) is 24.3 Å². The van der Waals surface area contributed by atoms with E-state index in [0.717, 1.165) is 29.3 Å². The molecule has 0 atom stereocenters. The van der Waals surface area contributed by atoms with Crippen LogP contribution in [0.1, 0.15) is 47.5 Å². The Morgan fingerprint density at radius 3 is 2.26 bits per heavy atom. The third-order valence-electron chi connectivity index (χ3n) is 6.91. The zero-order chi connectivity index (χ0) is 26.4. The molecule has 0 unspecified atom stereocenters. The summed E-state index contributed by atoms with van der Waals surface area (Å²) in [7, 11) is -2.10. The van der Waals surface area contributed by atoms with Crippen molar-refractivity contribution in [2.45, 2.75) is 70.5 Å². The molecule has 0 aliphatic rings. The van der Waals surface area contributed by atoms with Crippen LogP contribution in [0.2, 0.25) is 18.1 Å². The number of nitrogens with zero attached hydrogens (tertiary/aromatic N) is 1. The van der Waals surface area contributed by atoms with Crippen LogP contribution in [0, 0.1) is 0 Å². The van der Waals surface area contributed by atoms with Gasteiger partial charge in [0, 0.05) is 37.1 Å². The SMILES string of the molecule is C/C(=C\CO[Si](C)(C)C(C)(C)C)CC/C=C(\C)CNc1cccc2c(S(=O)(=O)N(C)C)cccc12. The van der Waals surface area contributed by atoms with Gasteiger partial charge in [0.1, 0.15) is 0 Å². The van der Waals surface area contributed by atoms with E-state index < -0.39 is 18.3 Å². The second-order valence-electron chi connectivity index (χ2n) is 11.0. The van der Waals surface area contributed by atoms with E-state index in [0.29, 0.717) is 18.0 Å². The maximum Gasteiger partial charge on any atom is 0.243 e. The standard InChI is InChI=1S/C28H44N2O3SSi/c1-22(19-20-33-35(8,9)28(3,4)5)13-10-14-23(2)21-29-26-17-11-16-25-24(26)15-12-18-27(25)34(31,32)30(6)7/h11-12,14-19,29H,10,13,20-21H2,1-9H3/b22-19+,23-14+. The number of rotatable bonds is 11. The van der Waals surface area contributed by atoms with Crippen molar-refractivity contribution in [3.63, 3.8) is 0 Å². The van der Waals surface area contributed by atoms with Gasteiger partial charge >= 0.3 is 0 Å². The van der Waals surface area contributed by atoms with Crippen molar-refractivity contribution in [1.29, 1.82) is 0 Å². The summed E-state index contributed by atoms with van der Waals surface area (Å²) in [5, 5.41) is 5.36. The van der Waals surface area contributed by atoms with Gasteiger partial charge in [-0.2, -0.15) is 0 Å². The van der Waals surface area contributed by atoms with E-state index in [1.165, 1.54) is 15.5 Å². The molecular weight excluding hydrogens is 472 g/mol. The molecule has 35 heavy (non-hydrogen) atoms. The van der Waals surface area contributed by atoms with Gasteiger partial charge in [-0.05, 0) is 57.0 Å². The quantitative estimate of drug-likeness (QED) is 0.253. The van der Waals surface area contributed by atoms with Gasteiger partial charge in [-0.3, -0.25) is 0 Å². The van der Waals surface area contributed by atoms with Crippen molar-refractivity contribution in [1.82, 2.24) is 4.31 Å². The molecule has 0 saturated heterocycles. The van der Waals surface area contributed by atoms with E-state index in [4.69, 9.17) is 4.43 Å². The topological polar surface area (TPSA) is 58.6 Å². The molecule has 2 aromatic rings. The van der Waals surface area contributed by atoms with E-state index in [1.54, 1.807) is 26.2 Å². The maximum atomic E-state index is 12.7. The summed E-state index contributed by atoms with van der Waals surface area (Å²) < 4.78 is 33.0. The molecule has 0 bridgehead atoms. The molecule has 0 aliphatic heterocycles. The van der Waals surface area contributed by atoms with Crippen LogP contribution in [-0.2, 0) is 14.4 Å². The lowest BCUT2D eigenvalue weighted by molar-refractivity contribution is 0.327. The van der Waals surface area contributed by atoms with Crippen molar-refractivity contribution in [2.75, 3.05) is 32.6 Å². The highest BCUT2D eigenvalue weighted by molar-refractivity contribution is 7.89. The molecule has 0 spiro atoms. The Morgan fingerprint density at radius 1 is 1.00 bits per heavy atom. The molecule has 0 saturated carbocycles. The number of hydrogen-bond acceptors (Lipinski definition) is 4. The molecule has 5 nitrogen and oxygen atoms in total. The average molecular weight is 517 g/mol. The van der Waals surface area contributed by atoms with Gasteiger partial charge in [0.2, 0.25) is 10.0 Å². The predicted molar refractivity (Wildman–Crippen MR) is 153 cm³/mol. The van der Waals surface area contributed by atoms with E-state index in [-0.39, 0.29) is 5.04 Å². The fraction of sp³-hybridized carbons (Fsp3) is 0.500. The van der Waals surface area contributed by atoms with Gasteiger partial charge < -0.3 is 9.74 Å². The largest absolute Gasteiger partial charge is 0.413 e. The zero-order valence-electron chi connectivity index (χ0n) is 23.0. The first-order valence-electron chi connectivity index (χ1n) is 12.3. The van der Waals surface area contributed by atoms with Gasteiger partial charge in [0.05, 0.1) is 11.5 Å². The summed E-state index contributed by atoms with van der Waals surface area (Å²) in [6, 6.07) is 11.2. The van der Waals surface area contributed by atoms with Gasteiger partial charge in [0.25, 0.3) is 0 Å². The van der Waals surface area contributed by atoms with Crippen LogP contribution < -0.4 is 5.32 Å². The highest BCUT2D eigenvalue weighted by atomic mass is 32.2. The monoisotopic (exact) mass is 516 g/mol. The minimum atomic E-state index is -3.51. The van der Waals surface area contributed by atoms with Crippen LogP contribution in [0.5, 0.6) is 0 Å². The molecule has 7 heteroatoms. The molecule has 0 heterocycles. The maximum absolute atomic E-state index is 12.7. The van der Waals surface area contributed by atoms with Crippen molar-refractivity contribution in [2.24, 2.45) is 0 Å². The summed E-state index contributed by atoms with van der Waals surface area (Å²) in [6.07, 6.45) is 6.48. The number of hydrogen-bond donors (Lipinski definition) is 1. The third kappa shape index (κ3) is 7.77. The third-order valence-corrected chi connectivity index (χ3v) is 13.3. The van der Waals surface area contributed by atoms with E-state index in [2.05, 4.69) is 65.2 Å². The van der Waals surface area contributed by atoms with Crippen molar-refractivity contribution in [3.8, 4) is 0 Å². The van der Waals surface area contributed by atoms with E-state index in [9.17, 15) is 8.42 Å². The van der Waals surface area contributed by atoms with Crippen LogP contribution in [0.4, 0.5) is 5.69 Å². The minimum absolute atomic E-state index is 0.230. The number of nitrogens with one attached hydrogen (secondary N) is 1. The van der Waals surface area contributed by atoms with Crippen LogP contribution in [0.15, 0.2) is 64.6 Å². The Bertz CT molecular complexity index is 1180. The summed E-state index contributed by atoms with van der Waals surface area (Å²) >= 11 is 0. The highest BCUT2D eigenvalue weighted by Gasteiger charge is 2.36. The number of anilines is 1. The van der Waals surface area contributed by atoms with Gasteiger partial charge in [-0.15, -0.1) is 0 Å². The van der Waals surface area contributed by atoms with Crippen molar-refractivity contribution in [3.05, 3.63) is 59.7 Å². The Hall–Kier alpha value is -1.93. The second kappa shape index (κ2) is 11.9. The number of allylic oxidation sites excluding steroid dienone is 2. The number of fused-ring (bicyclic) bond motifs is 1. The van der Waals surface area contributed by atoms with Gasteiger partial charge in [-0.1, -0.05) is 68.3 Å². The molecule has 1 N–H and O–H groups in total. The summed E-state index contributed by atoms with van der Waals surface area (Å²) in [5.74, 6) is 0. The summed E-state index contributed by atoms with van der Waals surface area (Å²) in [6.45, 7) is 17.1. The zero-order valence-corrected chi connectivity index (χ0v) is 24.8. The molecule has 2 rings (SSSR count). The number of sulfonamides is 1.